The van der Waals surface area contributed by atoms with Gasteiger partial charge >= 0.3 is 5.97 Å². The predicted octanol–water partition coefficient (Wildman–Crippen LogP) is 3.86. The van der Waals surface area contributed by atoms with E-state index in [4.69, 9.17) is 9.26 Å². The average Bonchev–Trinajstić information content (AvgIpc) is 3.36. The van der Waals surface area contributed by atoms with E-state index in [-0.39, 0.29) is 12.4 Å². The molecule has 0 aliphatic carbocycles. The maximum Gasteiger partial charge on any atom is 0.338 e. The van der Waals surface area contributed by atoms with Gasteiger partial charge in [-0.05, 0) is 30.3 Å². The van der Waals surface area contributed by atoms with Crippen LogP contribution in [-0.2, 0) is 4.74 Å². The fourth-order valence-electron chi connectivity index (χ4n) is 2.66. The molecule has 6 nitrogen and oxygen atoms in total. The van der Waals surface area contributed by atoms with Crippen LogP contribution in [-0.4, -0.2) is 28.5 Å². The van der Waals surface area contributed by atoms with Crippen molar-refractivity contribution >= 4 is 22.7 Å². The van der Waals surface area contributed by atoms with Gasteiger partial charge in [0.1, 0.15) is 5.52 Å². The molecule has 0 atom stereocenters. The Morgan fingerprint density at radius 1 is 1.04 bits per heavy atom. The Morgan fingerprint density at radius 2 is 1.88 bits per heavy atom. The van der Waals surface area contributed by atoms with Crippen LogP contribution in [0.5, 0.6) is 0 Å². The van der Waals surface area contributed by atoms with E-state index in [9.17, 15) is 9.59 Å². The van der Waals surface area contributed by atoms with Crippen LogP contribution in [0.3, 0.4) is 0 Å². The molecule has 0 aliphatic rings. The summed E-state index contributed by atoms with van der Waals surface area (Å²) in [7, 11) is 0. The molecule has 2 aromatic carbocycles. The number of H-pyrrole nitrogens is 1. The molecule has 4 aromatic rings. The number of rotatable bonds is 5. The normalized spacial score (nSPS) is 10.8. The molecule has 26 heavy (non-hydrogen) atoms. The van der Waals surface area contributed by atoms with Crippen molar-refractivity contribution in [3.05, 3.63) is 78.1 Å². The fourth-order valence-corrected chi connectivity index (χ4v) is 2.66. The summed E-state index contributed by atoms with van der Waals surface area (Å²) in [5, 5.41) is 4.73. The number of carbonyl (C=O) groups excluding carboxylic acids is 2. The maximum atomic E-state index is 12.3. The highest BCUT2D eigenvalue weighted by atomic mass is 16.5. The number of hydrogen-bond acceptors (Lipinski definition) is 5. The lowest BCUT2D eigenvalue weighted by Gasteiger charge is -2.04. The van der Waals surface area contributed by atoms with Gasteiger partial charge in [0, 0.05) is 11.8 Å². The predicted molar refractivity (Wildman–Crippen MR) is 94.9 cm³/mol. The van der Waals surface area contributed by atoms with Crippen LogP contribution >= 0.6 is 0 Å². The molecular weight excluding hydrogens is 332 g/mol. The number of aromatic amines is 1. The molecule has 0 radical (unpaired) electrons. The average molecular weight is 346 g/mol. The van der Waals surface area contributed by atoms with Crippen molar-refractivity contribution in [3.63, 3.8) is 0 Å². The molecule has 0 bridgehead atoms. The van der Waals surface area contributed by atoms with Crippen LogP contribution in [0.2, 0.25) is 0 Å². The summed E-state index contributed by atoms with van der Waals surface area (Å²) < 4.78 is 10.5. The summed E-state index contributed by atoms with van der Waals surface area (Å²) in [5.41, 5.74) is 2.24. The third-order valence-electron chi connectivity index (χ3n) is 3.98. The van der Waals surface area contributed by atoms with Crippen molar-refractivity contribution in [1.82, 2.24) is 10.1 Å². The number of nitrogens with zero attached hydrogens (tertiary/aromatic N) is 1. The second kappa shape index (κ2) is 6.68. The summed E-state index contributed by atoms with van der Waals surface area (Å²) >= 11 is 0. The molecule has 0 aliphatic heterocycles. The van der Waals surface area contributed by atoms with E-state index in [0.717, 1.165) is 5.56 Å². The first-order chi connectivity index (χ1) is 12.7. The molecule has 4 rings (SSSR count). The second-order valence-corrected chi connectivity index (χ2v) is 5.69. The number of carbonyl (C=O) groups is 2. The van der Waals surface area contributed by atoms with Crippen molar-refractivity contribution in [1.29, 1.82) is 0 Å². The molecule has 0 amide bonds. The SMILES string of the molecule is O=C(OCC(=O)c1ccc[nH]1)c1ccc2noc(-c3ccccc3)c2c1. The van der Waals surface area contributed by atoms with E-state index >= 15 is 0 Å². The standard InChI is InChI=1S/C20H14N2O4/c23-18(17-7-4-10-21-17)12-25-20(24)14-8-9-16-15(11-14)19(26-22-16)13-5-2-1-3-6-13/h1-11,21H,12H2. The lowest BCUT2D eigenvalue weighted by molar-refractivity contribution is 0.0474. The highest BCUT2D eigenvalue weighted by Crippen LogP contribution is 2.29. The first-order valence-corrected chi connectivity index (χ1v) is 8.01. The van der Waals surface area contributed by atoms with Crippen LogP contribution in [0, 0.1) is 0 Å². The van der Waals surface area contributed by atoms with E-state index in [1.54, 1.807) is 36.5 Å². The largest absolute Gasteiger partial charge is 0.454 e. The van der Waals surface area contributed by atoms with Gasteiger partial charge in [-0.1, -0.05) is 35.5 Å². The smallest absolute Gasteiger partial charge is 0.338 e. The number of ether oxygens (including phenoxy) is 1. The van der Waals surface area contributed by atoms with E-state index in [2.05, 4.69) is 10.1 Å². The van der Waals surface area contributed by atoms with E-state index < -0.39 is 5.97 Å². The minimum absolute atomic E-state index is 0.292. The number of nitrogens with one attached hydrogen (secondary N) is 1. The van der Waals surface area contributed by atoms with Crippen LogP contribution < -0.4 is 0 Å². The lowest BCUT2D eigenvalue weighted by atomic mass is 10.1. The summed E-state index contributed by atoms with van der Waals surface area (Å²) in [5.74, 6) is -0.288. The van der Waals surface area contributed by atoms with Gasteiger partial charge in [-0.3, -0.25) is 4.79 Å². The quantitative estimate of drug-likeness (QED) is 0.438. The summed E-state index contributed by atoms with van der Waals surface area (Å²) in [6.45, 7) is -0.327. The van der Waals surface area contributed by atoms with Gasteiger partial charge in [0.15, 0.2) is 12.4 Å². The van der Waals surface area contributed by atoms with Crippen LogP contribution in [0.15, 0.2) is 71.4 Å². The van der Waals surface area contributed by atoms with Crippen molar-refractivity contribution < 1.29 is 18.8 Å². The summed E-state index contributed by atoms with van der Waals surface area (Å²) in [6.07, 6.45) is 1.64. The molecule has 0 saturated carbocycles. The van der Waals surface area contributed by atoms with Crippen molar-refractivity contribution in [2.75, 3.05) is 6.61 Å². The van der Waals surface area contributed by atoms with Gasteiger partial charge in [0.2, 0.25) is 5.78 Å². The van der Waals surface area contributed by atoms with Gasteiger partial charge in [-0.2, -0.15) is 0 Å². The zero-order valence-corrected chi connectivity index (χ0v) is 13.6. The summed E-state index contributed by atoms with van der Waals surface area (Å²) in [4.78, 5) is 27.0. The van der Waals surface area contributed by atoms with Gasteiger partial charge in [0.25, 0.3) is 0 Å². The topological polar surface area (TPSA) is 85.2 Å². The number of benzene rings is 2. The molecular formula is C20H14N2O4. The van der Waals surface area contributed by atoms with Gasteiger partial charge in [-0.25, -0.2) is 4.79 Å². The minimum atomic E-state index is -0.577. The van der Waals surface area contributed by atoms with Crippen LogP contribution in [0.1, 0.15) is 20.8 Å². The van der Waals surface area contributed by atoms with Crippen LogP contribution in [0.25, 0.3) is 22.2 Å². The molecule has 2 aromatic heterocycles. The summed E-state index contributed by atoms with van der Waals surface area (Å²) in [6, 6.07) is 17.8. The van der Waals surface area contributed by atoms with Crippen LogP contribution in [0.4, 0.5) is 0 Å². The molecule has 6 heteroatoms. The Balaban J connectivity index is 1.57. The number of esters is 1. The van der Waals surface area contributed by atoms with Gasteiger partial charge < -0.3 is 14.2 Å². The third-order valence-corrected chi connectivity index (χ3v) is 3.98. The Bertz CT molecular complexity index is 1070. The Labute approximate surface area is 148 Å². The zero-order valence-electron chi connectivity index (χ0n) is 13.6. The number of ketones is 1. The highest BCUT2D eigenvalue weighted by molar-refractivity contribution is 6.01. The lowest BCUT2D eigenvalue weighted by Crippen LogP contribution is -2.14. The Kier molecular flexibility index (Phi) is 4.07. The van der Waals surface area contributed by atoms with Gasteiger partial charge in [-0.15, -0.1) is 0 Å². The Morgan fingerprint density at radius 3 is 2.65 bits per heavy atom. The zero-order chi connectivity index (χ0) is 17.9. The minimum Gasteiger partial charge on any atom is -0.454 e. The monoisotopic (exact) mass is 346 g/mol. The number of Topliss-reactive ketones (excluding diaryl/α,β-unsaturated/α-hetero) is 1. The van der Waals surface area contributed by atoms with E-state index in [0.29, 0.717) is 27.9 Å². The molecule has 0 unspecified atom stereocenters. The Hall–Kier alpha value is -3.67. The molecule has 2 heterocycles. The fraction of sp³-hybridized carbons (Fsp3) is 0.0500. The van der Waals surface area contributed by atoms with Crippen molar-refractivity contribution in [2.24, 2.45) is 0 Å². The van der Waals surface area contributed by atoms with E-state index in [1.807, 2.05) is 30.3 Å². The van der Waals surface area contributed by atoms with Crippen molar-refractivity contribution in [3.8, 4) is 11.3 Å². The maximum absolute atomic E-state index is 12.3. The van der Waals surface area contributed by atoms with Gasteiger partial charge in [0.05, 0.1) is 16.6 Å². The first-order valence-electron chi connectivity index (χ1n) is 8.01. The number of aromatic nitrogens is 2. The molecule has 0 spiro atoms. The first kappa shape index (κ1) is 15.8. The molecule has 0 saturated heterocycles. The molecule has 128 valence electrons. The molecule has 0 fully saturated rings. The van der Waals surface area contributed by atoms with Crippen molar-refractivity contribution in [2.45, 2.75) is 0 Å². The number of hydrogen-bond donors (Lipinski definition) is 1. The van der Waals surface area contributed by atoms with E-state index in [1.165, 1.54) is 0 Å². The second-order valence-electron chi connectivity index (χ2n) is 5.69. The third kappa shape index (κ3) is 3.00. The molecule has 1 N–H and O–H groups in total. The number of fused-ring (bicyclic) bond motifs is 1. The highest BCUT2D eigenvalue weighted by Gasteiger charge is 2.16.